The van der Waals surface area contributed by atoms with E-state index in [0.29, 0.717) is 13.1 Å². The summed E-state index contributed by atoms with van der Waals surface area (Å²) < 4.78 is 5.28. The summed E-state index contributed by atoms with van der Waals surface area (Å²) in [5, 5.41) is 6.84. The Labute approximate surface area is 146 Å². The molecule has 0 unspecified atom stereocenters. The fourth-order valence-electron chi connectivity index (χ4n) is 3.16. The van der Waals surface area contributed by atoms with Crippen LogP contribution in [0.2, 0.25) is 0 Å². The number of aromatic nitrogens is 2. The van der Waals surface area contributed by atoms with Gasteiger partial charge in [0.25, 0.3) is 5.91 Å². The quantitative estimate of drug-likeness (QED) is 0.810. The molecule has 0 spiro atoms. The van der Waals surface area contributed by atoms with Gasteiger partial charge in [-0.1, -0.05) is 0 Å². The van der Waals surface area contributed by atoms with Crippen LogP contribution in [0.25, 0.3) is 0 Å². The van der Waals surface area contributed by atoms with Crippen LogP contribution in [0.1, 0.15) is 40.7 Å². The van der Waals surface area contributed by atoms with E-state index < -0.39 is 5.91 Å². The van der Waals surface area contributed by atoms with Crippen LogP contribution in [-0.4, -0.2) is 58.5 Å². The number of likely N-dealkylation sites (N-methyl/N-ethyl adjacent to an activating group) is 1. The Morgan fingerprint density at radius 2 is 2.36 bits per heavy atom. The van der Waals surface area contributed by atoms with E-state index in [1.807, 2.05) is 12.1 Å². The molecule has 3 rings (SSSR count). The summed E-state index contributed by atoms with van der Waals surface area (Å²) >= 11 is 0. The van der Waals surface area contributed by atoms with Crippen molar-refractivity contribution >= 4 is 11.8 Å². The number of nitrogens with two attached hydrogens (primary N) is 1. The average molecular weight is 345 g/mol. The number of hydrogen-bond donors (Lipinski definition) is 2. The lowest BCUT2D eigenvalue weighted by atomic mass is 9.94. The predicted octanol–water partition coefficient (Wildman–Crippen LogP) is 0.940. The van der Waals surface area contributed by atoms with Crippen molar-refractivity contribution in [2.75, 3.05) is 26.7 Å². The molecule has 0 aromatic carbocycles. The maximum Gasteiger partial charge on any atom is 0.269 e. The number of carbonyl (C=O) groups excluding carboxylic acids is 2. The SMILES string of the molecule is CN(Cc1ccco1)C(=O)CN1CCC[C@@H](c2cc(C(N)=O)n[nH]2)C1. The van der Waals surface area contributed by atoms with Gasteiger partial charge in [-0.25, -0.2) is 0 Å². The summed E-state index contributed by atoms with van der Waals surface area (Å²) in [5.74, 6) is 0.505. The van der Waals surface area contributed by atoms with E-state index in [4.69, 9.17) is 10.2 Å². The molecule has 0 saturated carbocycles. The van der Waals surface area contributed by atoms with Crippen LogP contribution in [0, 0.1) is 0 Å². The molecule has 1 atom stereocenters. The molecule has 2 aromatic rings. The standard InChI is InChI=1S/C17H23N5O3/c1-21(10-13-5-3-7-25-13)16(23)11-22-6-2-4-12(9-22)14-8-15(17(18)24)20-19-14/h3,5,7-8,12H,2,4,6,9-11H2,1H3,(H2,18,24)(H,19,20)/t12-/m1/s1. The number of nitrogens with zero attached hydrogens (tertiary/aromatic N) is 3. The molecule has 1 aliphatic rings. The van der Waals surface area contributed by atoms with Crippen molar-refractivity contribution in [1.29, 1.82) is 0 Å². The number of hydrogen-bond acceptors (Lipinski definition) is 5. The normalized spacial score (nSPS) is 18.2. The molecule has 2 amide bonds. The number of rotatable bonds is 6. The number of aromatic amines is 1. The van der Waals surface area contributed by atoms with Crippen molar-refractivity contribution in [2.24, 2.45) is 5.73 Å². The summed E-state index contributed by atoms with van der Waals surface area (Å²) in [4.78, 5) is 27.4. The third kappa shape index (κ3) is 4.27. The second-order valence-corrected chi connectivity index (χ2v) is 6.48. The number of amides is 2. The number of primary amides is 1. The second kappa shape index (κ2) is 7.52. The van der Waals surface area contributed by atoms with Gasteiger partial charge in [-0.05, 0) is 37.6 Å². The van der Waals surface area contributed by atoms with E-state index in [0.717, 1.165) is 37.4 Å². The lowest BCUT2D eigenvalue weighted by Gasteiger charge is -2.32. The molecule has 1 fully saturated rings. The van der Waals surface area contributed by atoms with E-state index in [1.165, 1.54) is 0 Å². The lowest BCUT2D eigenvalue weighted by molar-refractivity contribution is -0.132. The first-order valence-corrected chi connectivity index (χ1v) is 8.36. The maximum absolute atomic E-state index is 12.4. The maximum atomic E-state index is 12.4. The van der Waals surface area contributed by atoms with Crippen molar-refractivity contribution < 1.29 is 14.0 Å². The summed E-state index contributed by atoms with van der Waals surface area (Å²) in [6.45, 7) is 2.46. The molecule has 0 aliphatic carbocycles. The van der Waals surface area contributed by atoms with E-state index >= 15 is 0 Å². The summed E-state index contributed by atoms with van der Waals surface area (Å²) in [6.07, 6.45) is 3.59. The highest BCUT2D eigenvalue weighted by Crippen LogP contribution is 2.25. The van der Waals surface area contributed by atoms with Crippen LogP contribution < -0.4 is 5.73 Å². The molecule has 134 valence electrons. The number of piperidine rings is 1. The van der Waals surface area contributed by atoms with Crippen LogP contribution in [0.15, 0.2) is 28.9 Å². The van der Waals surface area contributed by atoms with Crippen LogP contribution >= 0.6 is 0 Å². The number of H-pyrrole nitrogens is 1. The van der Waals surface area contributed by atoms with Crippen molar-refractivity contribution in [3.63, 3.8) is 0 Å². The minimum atomic E-state index is -0.537. The van der Waals surface area contributed by atoms with Crippen LogP contribution in [0.4, 0.5) is 0 Å². The number of furan rings is 1. The lowest BCUT2D eigenvalue weighted by Crippen LogP contribution is -2.42. The molecule has 3 N–H and O–H groups in total. The van der Waals surface area contributed by atoms with Gasteiger partial charge in [0, 0.05) is 25.2 Å². The summed E-state index contributed by atoms with van der Waals surface area (Å²) in [7, 11) is 1.78. The van der Waals surface area contributed by atoms with Gasteiger partial charge in [0.2, 0.25) is 5.91 Å². The van der Waals surface area contributed by atoms with E-state index in [2.05, 4.69) is 15.1 Å². The van der Waals surface area contributed by atoms with Gasteiger partial charge < -0.3 is 15.1 Å². The van der Waals surface area contributed by atoms with Crippen molar-refractivity contribution in [3.8, 4) is 0 Å². The Kier molecular flexibility index (Phi) is 5.18. The minimum Gasteiger partial charge on any atom is -0.467 e. The Hall–Kier alpha value is -2.61. The summed E-state index contributed by atoms with van der Waals surface area (Å²) in [5.41, 5.74) is 6.40. The molecule has 0 radical (unpaired) electrons. The zero-order valence-electron chi connectivity index (χ0n) is 14.3. The third-order valence-electron chi connectivity index (χ3n) is 4.55. The molecule has 2 aromatic heterocycles. The second-order valence-electron chi connectivity index (χ2n) is 6.48. The first kappa shape index (κ1) is 17.2. The predicted molar refractivity (Wildman–Crippen MR) is 90.7 cm³/mol. The van der Waals surface area contributed by atoms with Gasteiger partial charge in [-0.15, -0.1) is 0 Å². The Bertz CT molecular complexity index is 724. The van der Waals surface area contributed by atoms with Gasteiger partial charge in [0.1, 0.15) is 11.5 Å². The highest BCUT2D eigenvalue weighted by molar-refractivity contribution is 5.90. The third-order valence-corrected chi connectivity index (χ3v) is 4.55. The van der Waals surface area contributed by atoms with Crippen LogP contribution in [-0.2, 0) is 11.3 Å². The largest absolute Gasteiger partial charge is 0.467 e. The summed E-state index contributed by atoms with van der Waals surface area (Å²) in [6, 6.07) is 5.38. The Morgan fingerprint density at radius 1 is 1.52 bits per heavy atom. The zero-order chi connectivity index (χ0) is 17.8. The zero-order valence-corrected chi connectivity index (χ0v) is 14.3. The van der Waals surface area contributed by atoms with Crippen molar-refractivity contribution in [3.05, 3.63) is 41.6 Å². The minimum absolute atomic E-state index is 0.0551. The Balaban J connectivity index is 1.55. The molecule has 25 heavy (non-hydrogen) atoms. The molecule has 1 saturated heterocycles. The first-order valence-electron chi connectivity index (χ1n) is 8.36. The van der Waals surface area contributed by atoms with Crippen molar-refractivity contribution in [1.82, 2.24) is 20.0 Å². The monoisotopic (exact) mass is 345 g/mol. The first-order chi connectivity index (χ1) is 12.0. The van der Waals surface area contributed by atoms with Gasteiger partial charge in [-0.3, -0.25) is 19.6 Å². The molecular formula is C17H23N5O3. The fraction of sp³-hybridized carbons (Fsp3) is 0.471. The van der Waals surface area contributed by atoms with E-state index in [9.17, 15) is 9.59 Å². The molecule has 8 nitrogen and oxygen atoms in total. The van der Waals surface area contributed by atoms with Crippen molar-refractivity contribution in [2.45, 2.75) is 25.3 Å². The molecule has 3 heterocycles. The van der Waals surface area contributed by atoms with Crippen LogP contribution in [0.3, 0.4) is 0 Å². The van der Waals surface area contributed by atoms with Gasteiger partial charge in [-0.2, -0.15) is 5.10 Å². The smallest absolute Gasteiger partial charge is 0.269 e. The topological polar surface area (TPSA) is 108 Å². The highest BCUT2D eigenvalue weighted by Gasteiger charge is 2.25. The number of likely N-dealkylation sites (tertiary alicyclic amines) is 1. The Morgan fingerprint density at radius 3 is 3.04 bits per heavy atom. The molecular weight excluding hydrogens is 322 g/mol. The van der Waals surface area contributed by atoms with Gasteiger partial charge in [0.15, 0.2) is 0 Å². The van der Waals surface area contributed by atoms with E-state index in [-0.39, 0.29) is 17.5 Å². The average Bonchev–Trinajstić information content (AvgIpc) is 3.26. The molecule has 8 heteroatoms. The number of carbonyl (C=O) groups is 2. The highest BCUT2D eigenvalue weighted by atomic mass is 16.3. The van der Waals surface area contributed by atoms with Gasteiger partial charge in [0.05, 0.1) is 19.4 Å². The van der Waals surface area contributed by atoms with E-state index in [1.54, 1.807) is 24.3 Å². The van der Waals surface area contributed by atoms with Gasteiger partial charge >= 0.3 is 0 Å². The van der Waals surface area contributed by atoms with Crippen LogP contribution in [0.5, 0.6) is 0 Å². The number of nitrogens with one attached hydrogen (secondary N) is 1. The fourth-order valence-corrected chi connectivity index (χ4v) is 3.16. The molecule has 1 aliphatic heterocycles. The molecule has 0 bridgehead atoms.